The number of carboxylic acid groups (broad SMARTS) is 1. The summed E-state index contributed by atoms with van der Waals surface area (Å²) in [6.07, 6.45) is 12.2. The summed E-state index contributed by atoms with van der Waals surface area (Å²) in [4.78, 5) is 11.6. The molecule has 0 bridgehead atoms. The third kappa shape index (κ3) is 9.31. The molecule has 0 aromatic heterocycles. The molecule has 0 saturated heterocycles. The molecule has 3 nitrogen and oxygen atoms in total. The second-order valence-corrected chi connectivity index (χ2v) is 9.18. The fourth-order valence-corrected chi connectivity index (χ4v) is 4.07. The molecule has 2 unspecified atom stereocenters. The van der Waals surface area contributed by atoms with Gasteiger partial charge in [-0.1, -0.05) is 94.4 Å². The summed E-state index contributed by atoms with van der Waals surface area (Å²) < 4.78 is 6.39. The monoisotopic (exact) mass is 488 g/mol. The van der Waals surface area contributed by atoms with Crippen LogP contribution in [0.25, 0.3) is 0 Å². The Morgan fingerprint density at radius 1 is 1.04 bits per heavy atom. The molecule has 27 heavy (non-hydrogen) atoms. The van der Waals surface area contributed by atoms with Crippen molar-refractivity contribution in [2.24, 2.45) is 0 Å². The molecule has 0 fully saturated rings. The maximum absolute atomic E-state index is 11.6. The van der Waals surface area contributed by atoms with Crippen molar-refractivity contribution in [1.29, 1.82) is 0 Å². The number of benzene rings is 1. The summed E-state index contributed by atoms with van der Waals surface area (Å²) in [7, 11) is 0. The highest BCUT2D eigenvalue weighted by atomic mass is 127. The van der Waals surface area contributed by atoms with Gasteiger partial charge in [0.15, 0.2) is 0 Å². The van der Waals surface area contributed by atoms with Crippen molar-refractivity contribution in [2.45, 2.75) is 94.8 Å². The first-order valence-electron chi connectivity index (χ1n) is 10.7. The molecule has 0 aliphatic heterocycles. The van der Waals surface area contributed by atoms with E-state index in [-0.39, 0.29) is 5.56 Å². The third-order valence-corrected chi connectivity index (χ3v) is 6.11. The number of rotatable bonds is 15. The largest absolute Gasteiger partial charge is 0.492 e. The van der Waals surface area contributed by atoms with Crippen LogP contribution in [0.4, 0.5) is 0 Å². The molecular weight excluding hydrogens is 451 g/mol. The van der Waals surface area contributed by atoms with E-state index in [9.17, 15) is 9.90 Å². The second-order valence-electron chi connectivity index (χ2n) is 7.42. The first-order valence-corrected chi connectivity index (χ1v) is 11.9. The summed E-state index contributed by atoms with van der Waals surface area (Å²) in [5.41, 5.74) is 1.47. The molecule has 1 N–H and O–H groups in total. The Morgan fingerprint density at radius 3 is 2.37 bits per heavy atom. The van der Waals surface area contributed by atoms with Crippen LogP contribution >= 0.6 is 22.6 Å². The minimum Gasteiger partial charge on any atom is -0.492 e. The Bertz CT molecular complexity index is 544. The topological polar surface area (TPSA) is 46.5 Å². The number of ether oxygens (including phenoxy) is 1. The van der Waals surface area contributed by atoms with Gasteiger partial charge in [0.2, 0.25) is 0 Å². The van der Waals surface area contributed by atoms with Gasteiger partial charge >= 0.3 is 5.97 Å². The summed E-state index contributed by atoms with van der Waals surface area (Å²) in [6.45, 7) is 7.19. The maximum Gasteiger partial charge on any atom is 0.339 e. The Labute approximate surface area is 179 Å². The standard InChI is InChI=1S/C23H37IO3/c1-4-7-8-9-10-11-13-20(24)17-27-22-16-19(18(6-3)12-5-2)14-15-21(22)23(25)26/h14-16,18,20H,4-13,17H2,1-3H3,(H,25,26). The molecule has 0 saturated carbocycles. The van der Waals surface area contributed by atoms with Crippen molar-refractivity contribution in [2.75, 3.05) is 6.61 Å². The number of halogens is 1. The van der Waals surface area contributed by atoms with Gasteiger partial charge in [-0.05, 0) is 42.9 Å². The summed E-state index contributed by atoms with van der Waals surface area (Å²) >= 11 is 2.44. The summed E-state index contributed by atoms with van der Waals surface area (Å²) in [5.74, 6) is 0.0823. The zero-order valence-electron chi connectivity index (χ0n) is 17.3. The van der Waals surface area contributed by atoms with Gasteiger partial charge in [0.25, 0.3) is 0 Å². The van der Waals surface area contributed by atoms with E-state index >= 15 is 0 Å². The first-order chi connectivity index (χ1) is 13.0. The van der Waals surface area contributed by atoms with E-state index < -0.39 is 5.97 Å². The number of alkyl halides is 1. The number of hydrogen-bond donors (Lipinski definition) is 1. The van der Waals surface area contributed by atoms with Crippen LogP contribution in [-0.4, -0.2) is 21.6 Å². The fourth-order valence-electron chi connectivity index (χ4n) is 3.45. The van der Waals surface area contributed by atoms with Crippen LogP contribution in [0.3, 0.4) is 0 Å². The molecule has 1 aromatic carbocycles. The molecule has 1 aromatic rings. The van der Waals surface area contributed by atoms with E-state index in [2.05, 4.69) is 43.4 Å². The number of carboxylic acids is 1. The number of unbranched alkanes of at least 4 members (excludes halogenated alkanes) is 5. The van der Waals surface area contributed by atoms with E-state index in [4.69, 9.17) is 4.74 Å². The van der Waals surface area contributed by atoms with Crippen molar-refractivity contribution in [3.8, 4) is 5.75 Å². The van der Waals surface area contributed by atoms with Crippen molar-refractivity contribution in [3.63, 3.8) is 0 Å². The minimum absolute atomic E-state index is 0.272. The van der Waals surface area contributed by atoms with Crippen molar-refractivity contribution in [3.05, 3.63) is 29.3 Å². The van der Waals surface area contributed by atoms with E-state index in [1.807, 2.05) is 12.1 Å². The van der Waals surface area contributed by atoms with Crippen LogP contribution in [0.5, 0.6) is 5.75 Å². The minimum atomic E-state index is -0.916. The van der Waals surface area contributed by atoms with E-state index in [1.165, 1.54) is 44.1 Å². The van der Waals surface area contributed by atoms with E-state index in [1.54, 1.807) is 6.07 Å². The van der Waals surface area contributed by atoms with Gasteiger partial charge in [-0.25, -0.2) is 4.79 Å². The Morgan fingerprint density at radius 2 is 1.74 bits per heavy atom. The molecule has 0 spiro atoms. The molecule has 0 heterocycles. The van der Waals surface area contributed by atoms with Gasteiger partial charge in [0.05, 0.1) is 6.61 Å². The smallest absolute Gasteiger partial charge is 0.339 e. The predicted octanol–water partition coefficient (Wildman–Crippen LogP) is 7.61. The summed E-state index contributed by atoms with van der Waals surface area (Å²) in [5, 5.41) is 9.48. The van der Waals surface area contributed by atoms with Crippen LogP contribution in [0, 0.1) is 0 Å². The molecule has 0 aliphatic carbocycles. The number of hydrogen-bond acceptors (Lipinski definition) is 2. The van der Waals surface area contributed by atoms with Gasteiger partial charge in [-0.3, -0.25) is 0 Å². The van der Waals surface area contributed by atoms with Crippen LogP contribution in [0.2, 0.25) is 0 Å². The van der Waals surface area contributed by atoms with Gasteiger partial charge < -0.3 is 9.84 Å². The number of carbonyl (C=O) groups is 1. The second kappa shape index (κ2) is 14.3. The van der Waals surface area contributed by atoms with E-state index in [0.29, 0.717) is 22.2 Å². The predicted molar refractivity (Wildman–Crippen MR) is 123 cm³/mol. The normalized spacial score (nSPS) is 13.3. The van der Waals surface area contributed by atoms with Crippen LogP contribution in [0.1, 0.15) is 107 Å². The fraction of sp³-hybridized carbons (Fsp3) is 0.696. The van der Waals surface area contributed by atoms with E-state index in [0.717, 1.165) is 25.7 Å². The molecule has 1 rings (SSSR count). The van der Waals surface area contributed by atoms with Crippen molar-refractivity contribution < 1.29 is 14.6 Å². The molecular formula is C23H37IO3. The average molecular weight is 488 g/mol. The zero-order valence-corrected chi connectivity index (χ0v) is 19.5. The SMILES string of the molecule is CCCCCCCCC(I)COc1cc(C(CC)CCC)ccc1C(=O)O. The van der Waals surface area contributed by atoms with Crippen LogP contribution in [-0.2, 0) is 0 Å². The molecule has 0 radical (unpaired) electrons. The maximum atomic E-state index is 11.6. The quantitative estimate of drug-likeness (QED) is 0.157. The molecule has 0 amide bonds. The lowest BCUT2D eigenvalue weighted by atomic mass is 9.91. The Kier molecular flexibility index (Phi) is 12.8. The van der Waals surface area contributed by atoms with Gasteiger partial charge in [-0.15, -0.1) is 0 Å². The lowest BCUT2D eigenvalue weighted by Crippen LogP contribution is -2.13. The van der Waals surface area contributed by atoms with Gasteiger partial charge in [-0.2, -0.15) is 0 Å². The van der Waals surface area contributed by atoms with Crippen LogP contribution in [0.15, 0.2) is 18.2 Å². The highest BCUT2D eigenvalue weighted by Gasteiger charge is 2.17. The first kappa shape index (κ1) is 24.3. The third-order valence-electron chi connectivity index (χ3n) is 5.13. The highest BCUT2D eigenvalue weighted by Crippen LogP contribution is 2.30. The highest BCUT2D eigenvalue weighted by molar-refractivity contribution is 14.1. The average Bonchev–Trinajstić information content (AvgIpc) is 2.66. The zero-order chi connectivity index (χ0) is 20.1. The van der Waals surface area contributed by atoms with Gasteiger partial charge in [0.1, 0.15) is 11.3 Å². The lowest BCUT2D eigenvalue weighted by Gasteiger charge is -2.18. The molecule has 4 heteroatoms. The van der Waals surface area contributed by atoms with Crippen LogP contribution < -0.4 is 4.74 Å². The van der Waals surface area contributed by atoms with Crippen molar-refractivity contribution >= 4 is 28.6 Å². The molecule has 2 atom stereocenters. The lowest BCUT2D eigenvalue weighted by molar-refractivity contribution is 0.0692. The number of aromatic carboxylic acids is 1. The van der Waals surface area contributed by atoms with Crippen molar-refractivity contribution in [1.82, 2.24) is 0 Å². The molecule has 154 valence electrons. The summed E-state index contributed by atoms with van der Waals surface area (Å²) in [6, 6.07) is 5.63. The Hall–Kier alpha value is -0.780. The molecule has 0 aliphatic rings. The Balaban J connectivity index is 2.61. The van der Waals surface area contributed by atoms with Gasteiger partial charge in [0, 0.05) is 3.92 Å².